The predicted octanol–water partition coefficient (Wildman–Crippen LogP) is 2.16. The molecule has 3 heterocycles. The van der Waals surface area contributed by atoms with Crippen molar-refractivity contribution in [2.75, 3.05) is 26.2 Å². The van der Waals surface area contributed by atoms with E-state index in [-0.39, 0.29) is 0 Å². The number of hydrogen-bond donors (Lipinski definition) is 1. The highest BCUT2D eigenvalue weighted by Gasteiger charge is 2.24. The number of hydrogen-bond acceptors (Lipinski definition) is 4. The number of pyridine rings is 1. The van der Waals surface area contributed by atoms with Gasteiger partial charge in [0.05, 0.1) is 6.61 Å². The van der Waals surface area contributed by atoms with Gasteiger partial charge in [0, 0.05) is 51.0 Å². The highest BCUT2D eigenvalue weighted by atomic mass is 16.5. The first-order valence-electron chi connectivity index (χ1n) is 7.99. The number of nitrogens with one attached hydrogen (secondary N) is 1. The van der Waals surface area contributed by atoms with Gasteiger partial charge in [-0.05, 0) is 34.9 Å². The van der Waals surface area contributed by atoms with Crippen molar-refractivity contribution in [1.29, 1.82) is 0 Å². The maximum Gasteiger partial charge on any atom is 0.122 e. The minimum Gasteiger partial charge on any atom is -0.493 e. The SMILES string of the molecule is c1cc(C2CNCCN2Cc2ccc3c(c2)CCO3)ccn1. The predicted molar refractivity (Wildman–Crippen MR) is 85.9 cm³/mol. The highest BCUT2D eigenvalue weighted by molar-refractivity contribution is 5.39. The van der Waals surface area contributed by atoms with E-state index in [0.717, 1.165) is 45.0 Å². The lowest BCUT2D eigenvalue weighted by atomic mass is 10.0. The van der Waals surface area contributed by atoms with E-state index in [0.29, 0.717) is 6.04 Å². The van der Waals surface area contributed by atoms with Crippen molar-refractivity contribution < 1.29 is 4.74 Å². The molecule has 0 aliphatic carbocycles. The Balaban J connectivity index is 1.55. The Kier molecular flexibility index (Phi) is 3.79. The van der Waals surface area contributed by atoms with E-state index < -0.39 is 0 Å². The van der Waals surface area contributed by atoms with E-state index in [2.05, 4.69) is 45.5 Å². The van der Waals surface area contributed by atoms with Gasteiger partial charge in [0.15, 0.2) is 0 Å². The van der Waals surface area contributed by atoms with E-state index in [4.69, 9.17) is 4.74 Å². The van der Waals surface area contributed by atoms with Gasteiger partial charge >= 0.3 is 0 Å². The third kappa shape index (κ3) is 2.72. The first-order valence-corrected chi connectivity index (χ1v) is 7.99. The van der Waals surface area contributed by atoms with E-state index in [1.54, 1.807) is 0 Å². The molecule has 0 radical (unpaired) electrons. The van der Waals surface area contributed by atoms with Gasteiger partial charge in [-0.25, -0.2) is 0 Å². The second-order valence-corrected chi connectivity index (χ2v) is 6.01. The zero-order valence-corrected chi connectivity index (χ0v) is 12.7. The summed E-state index contributed by atoms with van der Waals surface area (Å²) in [7, 11) is 0. The summed E-state index contributed by atoms with van der Waals surface area (Å²) in [6.07, 6.45) is 4.81. The van der Waals surface area contributed by atoms with Crippen LogP contribution in [0.2, 0.25) is 0 Å². The summed E-state index contributed by atoms with van der Waals surface area (Å²) < 4.78 is 5.60. The van der Waals surface area contributed by atoms with E-state index in [1.807, 2.05) is 12.4 Å². The summed E-state index contributed by atoms with van der Waals surface area (Å²) in [5.41, 5.74) is 4.07. The van der Waals surface area contributed by atoms with Gasteiger partial charge in [0.1, 0.15) is 5.75 Å². The fourth-order valence-corrected chi connectivity index (χ4v) is 3.42. The molecule has 4 heteroatoms. The molecule has 1 aromatic heterocycles. The van der Waals surface area contributed by atoms with Gasteiger partial charge in [0.25, 0.3) is 0 Å². The van der Waals surface area contributed by atoms with E-state index in [9.17, 15) is 0 Å². The van der Waals surface area contributed by atoms with Crippen LogP contribution in [0, 0.1) is 0 Å². The Morgan fingerprint density at radius 3 is 3.05 bits per heavy atom. The molecular weight excluding hydrogens is 274 g/mol. The summed E-state index contributed by atoms with van der Waals surface area (Å²) in [4.78, 5) is 6.69. The molecule has 0 saturated carbocycles. The second kappa shape index (κ2) is 6.07. The van der Waals surface area contributed by atoms with Crippen molar-refractivity contribution in [3.63, 3.8) is 0 Å². The molecule has 1 N–H and O–H groups in total. The average molecular weight is 295 g/mol. The van der Waals surface area contributed by atoms with E-state index in [1.165, 1.54) is 16.7 Å². The molecule has 1 atom stereocenters. The molecule has 0 spiro atoms. The average Bonchev–Trinajstić information content (AvgIpc) is 3.04. The standard InChI is InChI=1S/C18H21N3O/c1-2-18-16(5-10-22-18)11-14(1)13-21-9-8-20-12-17(21)15-3-6-19-7-4-15/h1-4,6-7,11,17,20H,5,8-10,12-13H2. The summed E-state index contributed by atoms with van der Waals surface area (Å²) >= 11 is 0. The van der Waals surface area contributed by atoms with Gasteiger partial charge in [0.2, 0.25) is 0 Å². The van der Waals surface area contributed by atoms with Gasteiger partial charge in [-0.1, -0.05) is 12.1 Å². The summed E-state index contributed by atoms with van der Waals surface area (Å²) in [6, 6.07) is 11.3. The van der Waals surface area contributed by atoms with Crippen LogP contribution in [-0.2, 0) is 13.0 Å². The number of nitrogens with zero attached hydrogens (tertiary/aromatic N) is 2. The van der Waals surface area contributed by atoms with Crippen molar-refractivity contribution in [1.82, 2.24) is 15.2 Å². The third-order valence-corrected chi connectivity index (χ3v) is 4.58. The molecule has 22 heavy (non-hydrogen) atoms. The first-order chi connectivity index (χ1) is 10.9. The fraction of sp³-hybridized carbons (Fsp3) is 0.389. The van der Waals surface area contributed by atoms with E-state index >= 15 is 0 Å². The lowest BCUT2D eigenvalue weighted by Gasteiger charge is -2.36. The zero-order valence-electron chi connectivity index (χ0n) is 12.7. The molecule has 2 aromatic rings. The number of piperazine rings is 1. The topological polar surface area (TPSA) is 37.4 Å². The molecular formula is C18H21N3O. The van der Waals surface area contributed by atoms with Crippen LogP contribution >= 0.6 is 0 Å². The molecule has 0 bridgehead atoms. The minimum atomic E-state index is 0.418. The number of aromatic nitrogens is 1. The lowest BCUT2D eigenvalue weighted by Crippen LogP contribution is -2.45. The Bertz CT molecular complexity index is 644. The van der Waals surface area contributed by atoms with Crippen LogP contribution in [0.4, 0.5) is 0 Å². The summed E-state index contributed by atoms with van der Waals surface area (Å²) in [6.45, 7) is 4.93. The largest absolute Gasteiger partial charge is 0.493 e. The van der Waals surface area contributed by atoms with Crippen molar-refractivity contribution >= 4 is 0 Å². The number of fused-ring (bicyclic) bond motifs is 1. The Hall–Kier alpha value is -1.91. The van der Waals surface area contributed by atoms with Gasteiger partial charge in [-0.3, -0.25) is 9.88 Å². The molecule has 1 unspecified atom stereocenters. The maximum atomic E-state index is 5.60. The molecule has 4 nitrogen and oxygen atoms in total. The lowest BCUT2D eigenvalue weighted by molar-refractivity contribution is 0.153. The van der Waals surface area contributed by atoms with Crippen LogP contribution < -0.4 is 10.1 Å². The van der Waals surface area contributed by atoms with Crippen molar-refractivity contribution in [3.05, 3.63) is 59.4 Å². The van der Waals surface area contributed by atoms with Gasteiger partial charge < -0.3 is 10.1 Å². The molecule has 114 valence electrons. The highest BCUT2D eigenvalue weighted by Crippen LogP contribution is 2.28. The number of ether oxygens (including phenoxy) is 1. The van der Waals surface area contributed by atoms with Crippen molar-refractivity contribution in [2.45, 2.75) is 19.0 Å². The monoisotopic (exact) mass is 295 g/mol. The normalized spacial score (nSPS) is 21.4. The quantitative estimate of drug-likeness (QED) is 0.941. The second-order valence-electron chi connectivity index (χ2n) is 6.01. The molecule has 4 rings (SSSR count). The van der Waals surface area contributed by atoms with Gasteiger partial charge in [-0.15, -0.1) is 0 Å². The molecule has 2 aliphatic heterocycles. The Morgan fingerprint density at radius 1 is 1.23 bits per heavy atom. The first kappa shape index (κ1) is 13.7. The van der Waals surface area contributed by atoms with Crippen LogP contribution in [0.1, 0.15) is 22.7 Å². The maximum absolute atomic E-state index is 5.60. The van der Waals surface area contributed by atoms with Crippen molar-refractivity contribution in [2.24, 2.45) is 0 Å². The number of benzene rings is 1. The molecule has 2 aliphatic rings. The van der Waals surface area contributed by atoms with Crippen LogP contribution in [0.5, 0.6) is 5.75 Å². The molecule has 1 fully saturated rings. The van der Waals surface area contributed by atoms with Crippen molar-refractivity contribution in [3.8, 4) is 5.75 Å². The molecule has 1 aromatic carbocycles. The van der Waals surface area contributed by atoms with Crippen LogP contribution in [0.25, 0.3) is 0 Å². The fourth-order valence-electron chi connectivity index (χ4n) is 3.42. The smallest absolute Gasteiger partial charge is 0.122 e. The summed E-state index contributed by atoms with van der Waals surface area (Å²) in [5, 5.41) is 3.51. The van der Waals surface area contributed by atoms with Crippen LogP contribution in [0.3, 0.4) is 0 Å². The zero-order chi connectivity index (χ0) is 14.8. The molecule has 0 amide bonds. The third-order valence-electron chi connectivity index (χ3n) is 4.58. The van der Waals surface area contributed by atoms with Gasteiger partial charge in [-0.2, -0.15) is 0 Å². The van der Waals surface area contributed by atoms with Crippen LogP contribution in [-0.4, -0.2) is 36.1 Å². The van der Waals surface area contributed by atoms with Crippen LogP contribution in [0.15, 0.2) is 42.7 Å². The Morgan fingerprint density at radius 2 is 2.14 bits per heavy atom. The molecule has 1 saturated heterocycles. The minimum absolute atomic E-state index is 0.418. The number of rotatable bonds is 3. The summed E-state index contributed by atoms with van der Waals surface area (Å²) in [5.74, 6) is 1.06. The Labute approximate surface area is 131 Å².